The Balaban J connectivity index is 2.11. The van der Waals surface area contributed by atoms with Gasteiger partial charge in [-0.1, -0.05) is 6.92 Å². The van der Waals surface area contributed by atoms with E-state index in [4.69, 9.17) is 5.73 Å². The Labute approximate surface area is 85.6 Å². The average Bonchev–Trinajstić information content (AvgIpc) is 2.19. The van der Waals surface area contributed by atoms with Crippen LogP contribution in [0.25, 0.3) is 0 Å². The van der Waals surface area contributed by atoms with Gasteiger partial charge in [-0.25, -0.2) is 0 Å². The molecule has 2 heterocycles. The van der Waals surface area contributed by atoms with Crippen LogP contribution in [0.2, 0.25) is 0 Å². The van der Waals surface area contributed by atoms with Gasteiger partial charge in [0.05, 0.1) is 6.54 Å². The van der Waals surface area contributed by atoms with E-state index in [0.717, 1.165) is 18.9 Å². The lowest BCUT2D eigenvalue weighted by Crippen LogP contribution is -2.59. The molecule has 2 aliphatic heterocycles. The van der Waals surface area contributed by atoms with Crippen molar-refractivity contribution in [2.75, 3.05) is 13.1 Å². The summed E-state index contributed by atoms with van der Waals surface area (Å²) in [5.41, 5.74) is 5.60. The van der Waals surface area contributed by atoms with Crippen molar-refractivity contribution in [2.45, 2.75) is 44.6 Å². The van der Waals surface area contributed by atoms with Gasteiger partial charge in [-0.15, -0.1) is 0 Å². The Bertz CT molecular complexity index is 231. The number of nitrogens with zero attached hydrogens (tertiary/aromatic N) is 1. The number of hydrogen-bond acceptors (Lipinski definition) is 2. The number of fused-ring (bicyclic) bond motifs is 3. The molecule has 3 aliphatic rings. The molecule has 0 radical (unpaired) electrons. The van der Waals surface area contributed by atoms with Crippen molar-refractivity contribution in [2.24, 2.45) is 11.7 Å². The number of primary amides is 1. The molecule has 2 N–H and O–H groups in total. The lowest BCUT2D eigenvalue weighted by atomic mass is 9.69. The summed E-state index contributed by atoms with van der Waals surface area (Å²) in [7, 11) is 0. The van der Waals surface area contributed by atoms with Gasteiger partial charge in [0.1, 0.15) is 0 Å². The van der Waals surface area contributed by atoms with E-state index in [0.29, 0.717) is 12.1 Å². The Kier molecular flexibility index (Phi) is 2.52. The fourth-order valence-electron chi connectivity index (χ4n) is 3.22. The van der Waals surface area contributed by atoms with Crippen molar-refractivity contribution in [1.29, 1.82) is 0 Å². The molecule has 1 saturated carbocycles. The molecule has 80 valence electrons. The molecule has 1 aliphatic carbocycles. The van der Waals surface area contributed by atoms with Crippen molar-refractivity contribution in [3.8, 4) is 0 Å². The van der Waals surface area contributed by atoms with E-state index in [1.807, 2.05) is 0 Å². The van der Waals surface area contributed by atoms with Crippen LogP contribution in [0.4, 0.5) is 0 Å². The number of carbonyl (C=O) groups excluding carboxylic acids is 1. The third-order valence-electron chi connectivity index (χ3n) is 4.19. The molecule has 2 saturated heterocycles. The molecule has 2 bridgehead atoms. The lowest BCUT2D eigenvalue weighted by molar-refractivity contribution is -0.124. The highest BCUT2D eigenvalue weighted by atomic mass is 16.1. The van der Waals surface area contributed by atoms with Crippen molar-refractivity contribution in [3.05, 3.63) is 0 Å². The number of amides is 1. The van der Waals surface area contributed by atoms with Crippen LogP contribution in [0, 0.1) is 5.92 Å². The third kappa shape index (κ3) is 1.54. The molecule has 0 aromatic carbocycles. The van der Waals surface area contributed by atoms with E-state index in [1.165, 1.54) is 25.7 Å². The summed E-state index contributed by atoms with van der Waals surface area (Å²) in [6, 6.07) is 0. The van der Waals surface area contributed by atoms with Crippen LogP contribution < -0.4 is 5.73 Å². The Hall–Kier alpha value is -0.570. The minimum absolute atomic E-state index is 0.176. The van der Waals surface area contributed by atoms with Crippen LogP contribution >= 0.6 is 0 Å². The van der Waals surface area contributed by atoms with Crippen LogP contribution in [0.15, 0.2) is 0 Å². The Morgan fingerprint density at radius 1 is 1.50 bits per heavy atom. The number of piperidine rings is 2. The van der Waals surface area contributed by atoms with Crippen molar-refractivity contribution in [1.82, 2.24) is 4.90 Å². The maximum Gasteiger partial charge on any atom is 0.231 e. The zero-order valence-corrected chi connectivity index (χ0v) is 8.96. The highest BCUT2D eigenvalue weighted by molar-refractivity contribution is 5.76. The van der Waals surface area contributed by atoms with Crippen molar-refractivity contribution < 1.29 is 4.79 Å². The quantitative estimate of drug-likeness (QED) is 0.735. The van der Waals surface area contributed by atoms with Crippen LogP contribution in [-0.2, 0) is 4.79 Å². The number of rotatable bonds is 3. The summed E-state index contributed by atoms with van der Waals surface area (Å²) >= 11 is 0. The molecule has 0 spiro atoms. The molecule has 3 nitrogen and oxygen atoms in total. The first-order valence-electron chi connectivity index (χ1n) is 5.69. The summed E-state index contributed by atoms with van der Waals surface area (Å²) in [6.07, 6.45) is 6.39. The van der Waals surface area contributed by atoms with Gasteiger partial charge in [-0.3, -0.25) is 9.69 Å². The highest BCUT2D eigenvalue weighted by Crippen LogP contribution is 2.44. The van der Waals surface area contributed by atoms with Crippen molar-refractivity contribution >= 4 is 5.91 Å². The molecular formula is C11H20N2O. The first-order valence-corrected chi connectivity index (χ1v) is 5.69. The second kappa shape index (κ2) is 3.54. The molecule has 0 aromatic rings. The SMILES string of the molecule is CCC12CCC(CC1)CN2CC(N)=O. The predicted molar refractivity (Wildman–Crippen MR) is 55.7 cm³/mol. The lowest BCUT2D eigenvalue weighted by Gasteiger charge is -2.54. The summed E-state index contributed by atoms with van der Waals surface area (Å²) in [5.74, 6) is 0.646. The molecular weight excluding hydrogens is 176 g/mol. The molecule has 0 unspecified atom stereocenters. The molecule has 14 heavy (non-hydrogen) atoms. The monoisotopic (exact) mass is 196 g/mol. The van der Waals surface area contributed by atoms with Crippen LogP contribution in [-0.4, -0.2) is 29.4 Å². The number of hydrogen-bond donors (Lipinski definition) is 1. The minimum atomic E-state index is -0.176. The Morgan fingerprint density at radius 2 is 2.14 bits per heavy atom. The summed E-state index contributed by atoms with van der Waals surface area (Å²) in [4.78, 5) is 13.3. The topological polar surface area (TPSA) is 46.3 Å². The van der Waals surface area contributed by atoms with Gasteiger partial charge >= 0.3 is 0 Å². The molecule has 0 atom stereocenters. The summed E-state index contributed by atoms with van der Waals surface area (Å²) in [5, 5.41) is 0. The average molecular weight is 196 g/mol. The van der Waals surface area contributed by atoms with Crippen LogP contribution in [0.3, 0.4) is 0 Å². The molecule has 3 rings (SSSR count). The maximum absolute atomic E-state index is 11.0. The largest absolute Gasteiger partial charge is 0.369 e. The predicted octanol–water partition coefficient (Wildman–Crippen LogP) is 1.13. The fraction of sp³-hybridized carbons (Fsp3) is 0.909. The normalized spacial score (nSPS) is 37.4. The van der Waals surface area contributed by atoms with E-state index in [9.17, 15) is 4.79 Å². The van der Waals surface area contributed by atoms with Gasteiger partial charge in [0.25, 0.3) is 0 Å². The zero-order chi connectivity index (χ0) is 10.2. The molecule has 3 fully saturated rings. The maximum atomic E-state index is 11.0. The van der Waals surface area contributed by atoms with Gasteiger partial charge in [0, 0.05) is 12.1 Å². The number of nitrogens with two attached hydrogens (primary N) is 1. The van der Waals surface area contributed by atoms with Gasteiger partial charge in [-0.05, 0) is 38.0 Å². The zero-order valence-electron chi connectivity index (χ0n) is 8.96. The second-order valence-corrected chi connectivity index (χ2v) is 4.87. The third-order valence-corrected chi connectivity index (χ3v) is 4.19. The van der Waals surface area contributed by atoms with E-state index >= 15 is 0 Å². The highest BCUT2D eigenvalue weighted by Gasteiger charge is 2.44. The van der Waals surface area contributed by atoms with Crippen LogP contribution in [0.1, 0.15) is 39.0 Å². The molecule has 0 aromatic heterocycles. The second-order valence-electron chi connectivity index (χ2n) is 4.87. The summed E-state index contributed by atoms with van der Waals surface area (Å²) < 4.78 is 0. The van der Waals surface area contributed by atoms with Gasteiger partial charge in [-0.2, -0.15) is 0 Å². The number of carbonyl (C=O) groups is 1. The first-order chi connectivity index (χ1) is 6.66. The molecule has 1 amide bonds. The van der Waals surface area contributed by atoms with Gasteiger partial charge < -0.3 is 5.73 Å². The Morgan fingerprint density at radius 3 is 2.64 bits per heavy atom. The smallest absolute Gasteiger partial charge is 0.231 e. The standard InChI is InChI=1S/C11H20N2O/c1-2-11-5-3-9(4-6-11)7-13(11)8-10(12)14/h9H,2-8H2,1H3,(H2,12,14). The summed E-state index contributed by atoms with van der Waals surface area (Å²) in [6.45, 7) is 3.79. The van der Waals surface area contributed by atoms with E-state index in [1.54, 1.807) is 0 Å². The van der Waals surface area contributed by atoms with Crippen LogP contribution in [0.5, 0.6) is 0 Å². The fourth-order valence-corrected chi connectivity index (χ4v) is 3.22. The van der Waals surface area contributed by atoms with Crippen molar-refractivity contribution in [3.63, 3.8) is 0 Å². The van der Waals surface area contributed by atoms with E-state index < -0.39 is 0 Å². The van der Waals surface area contributed by atoms with Gasteiger partial charge in [0.15, 0.2) is 0 Å². The first kappa shape index (κ1) is 9.97. The molecule has 3 heteroatoms. The minimum Gasteiger partial charge on any atom is -0.369 e. The van der Waals surface area contributed by atoms with E-state index in [2.05, 4.69) is 11.8 Å². The van der Waals surface area contributed by atoms with Gasteiger partial charge in [0.2, 0.25) is 5.91 Å². The van der Waals surface area contributed by atoms with E-state index in [-0.39, 0.29) is 5.91 Å².